The van der Waals surface area contributed by atoms with Crippen molar-refractivity contribution in [3.63, 3.8) is 0 Å². The van der Waals surface area contributed by atoms with E-state index >= 15 is 0 Å². The summed E-state index contributed by atoms with van der Waals surface area (Å²) in [6.45, 7) is 14.3. The van der Waals surface area contributed by atoms with E-state index in [4.69, 9.17) is 9.47 Å². The van der Waals surface area contributed by atoms with Crippen LogP contribution in [0.15, 0.2) is 11.6 Å². The molecule has 0 saturated carbocycles. The molecule has 0 bridgehead atoms. The monoisotopic (exact) mass is 326 g/mol. The van der Waals surface area contributed by atoms with Crippen LogP contribution in [0.3, 0.4) is 0 Å². The first-order valence-corrected chi connectivity index (χ1v) is 8.47. The number of hydrogen-bond acceptors (Lipinski definition) is 4. The predicted octanol–water partition coefficient (Wildman–Crippen LogP) is 3.35. The van der Waals surface area contributed by atoms with Crippen LogP contribution in [-0.4, -0.2) is 55.0 Å². The first-order chi connectivity index (χ1) is 10.5. The zero-order valence-corrected chi connectivity index (χ0v) is 15.9. The number of ether oxygens (including phenoxy) is 2. The molecule has 0 saturated heterocycles. The second-order valence-electron chi connectivity index (χ2n) is 7.99. The number of nitrogens with one attached hydrogen (secondary N) is 1. The van der Waals surface area contributed by atoms with Gasteiger partial charge in [-0.1, -0.05) is 11.6 Å². The Labute approximate surface area is 141 Å². The van der Waals surface area contributed by atoms with Gasteiger partial charge in [0.05, 0.1) is 5.60 Å². The van der Waals surface area contributed by atoms with Crippen molar-refractivity contribution in [1.29, 1.82) is 0 Å². The van der Waals surface area contributed by atoms with Gasteiger partial charge in [-0.3, -0.25) is 0 Å². The van der Waals surface area contributed by atoms with Gasteiger partial charge in [-0.25, -0.2) is 4.79 Å². The van der Waals surface area contributed by atoms with Crippen molar-refractivity contribution in [1.82, 2.24) is 10.2 Å². The topological polar surface area (TPSA) is 50.8 Å². The summed E-state index contributed by atoms with van der Waals surface area (Å²) in [5.41, 5.74) is 0.805. The molecule has 1 aliphatic heterocycles. The predicted molar refractivity (Wildman–Crippen MR) is 93.7 cm³/mol. The molecule has 0 radical (unpaired) electrons. The van der Waals surface area contributed by atoms with Gasteiger partial charge in [0, 0.05) is 32.8 Å². The van der Waals surface area contributed by atoms with Crippen LogP contribution in [0.1, 0.15) is 54.4 Å². The van der Waals surface area contributed by atoms with Crippen LogP contribution in [0, 0.1) is 0 Å². The molecule has 0 aromatic carbocycles. The van der Waals surface area contributed by atoms with Gasteiger partial charge < -0.3 is 19.7 Å². The Kier molecular flexibility index (Phi) is 7.08. The van der Waals surface area contributed by atoms with Crippen LogP contribution in [0.25, 0.3) is 0 Å². The summed E-state index contributed by atoms with van der Waals surface area (Å²) in [7, 11) is 1.75. The van der Waals surface area contributed by atoms with Crippen LogP contribution in [0.5, 0.6) is 0 Å². The fraction of sp³-hybridized carbons (Fsp3) is 0.833. The van der Waals surface area contributed by atoms with Gasteiger partial charge in [0.15, 0.2) is 0 Å². The van der Waals surface area contributed by atoms with Crippen molar-refractivity contribution < 1.29 is 14.3 Å². The smallest absolute Gasteiger partial charge is 0.410 e. The van der Waals surface area contributed by atoms with E-state index in [1.54, 1.807) is 12.0 Å². The molecule has 0 spiro atoms. The molecule has 5 nitrogen and oxygen atoms in total. The highest BCUT2D eigenvalue weighted by atomic mass is 16.6. The second kappa shape index (κ2) is 8.15. The van der Waals surface area contributed by atoms with Gasteiger partial charge in [-0.15, -0.1) is 0 Å². The Bertz CT molecular complexity index is 424. The summed E-state index contributed by atoms with van der Waals surface area (Å²) < 4.78 is 10.9. The third-order valence-electron chi connectivity index (χ3n) is 3.98. The van der Waals surface area contributed by atoms with Crippen molar-refractivity contribution in [2.45, 2.75) is 71.6 Å². The van der Waals surface area contributed by atoms with E-state index in [1.165, 1.54) is 5.57 Å². The minimum Gasteiger partial charge on any atom is -0.444 e. The Morgan fingerprint density at radius 2 is 2.00 bits per heavy atom. The fourth-order valence-corrected chi connectivity index (χ4v) is 2.56. The van der Waals surface area contributed by atoms with Crippen LogP contribution >= 0.6 is 0 Å². The fourth-order valence-electron chi connectivity index (χ4n) is 2.56. The van der Waals surface area contributed by atoms with Gasteiger partial charge in [-0.05, 0) is 54.4 Å². The van der Waals surface area contributed by atoms with E-state index in [0.717, 1.165) is 25.9 Å². The lowest BCUT2D eigenvalue weighted by Crippen LogP contribution is -2.41. The highest BCUT2D eigenvalue weighted by molar-refractivity contribution is 5.68. The minimum atomic E-state index is -0.438. The van der Waals surface area contributed by atoms with Crippen molar-refractivity contribution in [2.24, 2.45) is 0 Å². The van der Waals surface area contributed by atoms with Crippen molar-refractivity contribution in [3.8, 4) is 0 Å². The third-order valence-corrected chi connectivity index (χ3v) is 3.98. The molecular formula is C18H34N2O3. The molecule has 0 aliphatic carbocycles. The molecule has 134 valence electrons. The van der Waals surface area contributed by atoms with E-state index in [-0.39, 0.29) is 11.7 Å². The SMILES string of the molecule is COC(C)(C)CC(C)NCC1=CCN(C(=O)OC(C)(C)C)CC1. The number of carbonyl (C=O) groups excluding carboxylic acids is 1. The Balaban J connectivity index is 2.38. The third kappa shape index (κ3) is 7.84. The zero-order chi connectivity index (χ0) is 17.7. The van der Waals surface area contributed by atoms with Gasteiger partial charge in [0.2, 0.25) is 0 Å². The highest BCUT2D eigenvalue weighted by Gasteiger charge is 2.24. The number of hydrogen-bond donors (Lipinski definition) is 1. The summed E-state index contributed by atoms with van der Waals surface area (Å²) in [5, 5.41) is 3.54. The van der Waals surface area contributed by atoms with E-state index in [0.29, 0.717) is 12.6 Å². The lowest BCUT2D eigenvalue weighted by molar-refractivity contribution is 0.00868. The maximum absolute atomic E-state index is 12.0. The standard InChI is InChI=1S/C18H34N2O3/c1-14(12-18(5,6)22-7)19-13-15-8-10-20(11-9-15)16(21)23-17(2,3)4/h8,14,19H,9-13H2,1-7H3. The molecule has 1 aliphatic rings. The first-order valence-electron chi connectivity index (χ1n) is 8.47. The average molecular weight is 326 g/mol. The molecular weight excluding hydrogens is 292 g/mol. The van der Waals surface area contributed by atoms with Crippen molar-refractivity contribution >= 4 is 6.09 Å². The van der Waals surface area contributed by atoms with Crippen LogP contribution in [-0.2, 0) is 9.47 Å². The van der Waals surface area contributed by atoms with Crippen LogP contribution < -0.4 is 5.32 Å². The summed E-state index contributed by atoms with van der Waals surface area (Å²) in [6, 6.07) is 0.384. The summed E-state index contributed by atoms with van der Waals surface area (Å²) >= 11 is 0. The maximum atomic E-state index is 12.0. The average Bonchev–Trinajstić information content (AvgIpc) is 2.43. The normalized spacial score (nSPS) is 17.7. The molecule has 1 atom stereocenters. The highest BCUT2D eigenvalue weighted by Crippen LogP contribution is 2.17. The van der Waals surface area contributed by atoms with Gasteiger partial charge in [0.1, 0.15) is 5.60 Å². The van der Waals surface area contributed by atoms with E-state index in [9.17, 15) is 4.79 Å². The minimum absolute atomic E-state index is 0.110. The molecule has 5 heteroatoms. The van der Waals surface area contributed by atoms with Gasteiger partial charge in [-0.2, -0.15) is 0 Å². The Morgan fingerprint density at radius 1 is 1.35 bits per heavy atom. The number of nitrogens with zero attached hydrogens (tertiary/aromatic N) is 1. The molecule has 1 amide bonds. The number of amides is 1. The maximum Gasteiger partial charge on any atom is 0.410 e. The number of rotatable bonds is 6. The van der Waals surface area contributed by atoms with Crippen LogP contribution in [0.2, 0.25) is 0 Å². The lowest BCUT2D eigenvalue weighted by Gasteiger charge is -2.30. The van der Waals surface area contributed by atoms with Gasteiger partial charge in [0.25, 0.3) is 0 Å². The van der Waals surface area contributed by atoms with Crippen molar-refractivity contribution in [3.05, 3.63) is 11.6 Å². The summed E-state index contributed by atoms with van der Waals surface area (Å²) in [5.74, 6) is 0. The number of methoxy groups -OCH3 is 1. The largest absolute Gasteiger partial charge is 0.444 e. The Hall–Kier alpha value is -1.07. The lowest BCUT2D eigenvalue weighted by atomic mass is 9.99. The molecule has 23 heavy (non-hydrogen) atoms. The Morgan fingerprint density at radius 3 is 2.48 bits per heavy atom. The summed E-state index contributed by atoms with van der Waals surface area (Å²) in [6.07, 6.45) is 3.76. The quantitative estimate of drug-likeness (QED) is 0.761. The first kappa shape index (κ1) is 20.0. The van der Waals surface area contributed by atoms with Crippen molar-refractivity contribution in [2.75, 3.05) is 26.7 Å². The van der Waals surface area contributed by atoms with E-state index in [2.05, 4.69) is 32.2 Å². The molecule has 1 N–H and O–H groups in total. The van der Waals surface area contributed by atoms with E-state index in [1.807, 2.05) is 20.8 Å². The zero-order valence-electron chi connectivity index (χ0n) is 15.9. The molecule has 0 aromatic heterocycles. The molecule has 1 rings (SSSR count). The van der Waals surface area contributed by atoms with E-state index < -0.39 is 5.60 Å². The second-order valence-corrected chi connectivity index (χ2v) is 7.99. The molecule has 0 aromatic rings. The number of carbonyl (C=O) groups is 1. The molecule has 1 unspecified atom stereocenters. The van der Waals surface area contributed by atoms with Crippen LogP contribution in [0.4, 0.5) is 4.79 Å². The molecule has 1 heterocycles. The van der Waals surface area contributed by atoms with Gasteiger partial charge >= 0.3 is 6.09 Å². The summed E-state index contributed by atoms with van der Waals surface area (Å²) in [4.78, 5) is 13.8. The molecule has 0 fully saturated rings.